The lowest BCUT2D eigenvalue weighted by atomic mass is 10.1. The number of nitrogens with zero attached hydrogens (tertiary/aromatic N) is 5. The molecule has 4 rings (SSSR count). The zero-order valence-electron chi connectivity index (χ0n) is 15.0. The molecule has 0 saturated carbocycles. The van der Waals surface area contributed by atoms with Crippen LogP contribution in [0.25, 0.3) is 22.3 Å². The molecule has 0 spiro atoms. The van der Waals surface area contributed by atoms with E-state index >= 15 is 0 Å². The Balaban J connectivity index is 1.93. The van der Waals surface area contributed by atoms with Crippen LogP contribution in [0.1, 0.15) is 16.8 Å². The molecule has 0 bridgehead atoms. The fourth-order valence-electron chi connectivity index (χ4n) is 3.15. The van der Waals surface area contributed by atoms with Gasteiger partial charge < -0.3 is 0 Å². The van der Waals surface area contributed by atoms with Gasteiger partial charge >= 0.3 is 6.18 Å². The molecule has 3 heterocycles. The number of aromatic nitrogens is 5. The third-order valence-electron chi connectivity index (χ3n) is 4.43. The van der Waals surface area contributed by atoms with E-state index in [1.54, 1.807) is 44.4 Å². The van der Waals surface area contributed by atoms with Crippen molar-refractivity contribution < 1.29 is 13.2 Å². The Hall–Kier alpha value is -2.87. The van der Waals surface area contributed by atoms with Crippen LogP contribution in [0.15, 0.2) is 42.7 Å². The van der Waals surface area contributed by atoms with Gasteiger partial charge in [-0.2, -0.15) is 23.4 Å². The van der Waals surface area contributed by atoms with E-state index in [9.17, 15) is 13.2 Å². The first-order valence-corrected chi connectivity index (χ1v) is 8.79. The summed E-state index contributed by atoms with van der Waals surface area (Å²) in [4.78, 5) is 4.49. The van der Waals surface area contributed by atoms with Crippen LogP contribution < -0.4 is 0 Å². The number of fused-ring (bicyclic) bond motifs is 1. The van der Waals surface area contributed by atoms with Crippen molar-refractivity contribution in [1.82, 2.24) is 24.5 Å². The van der Waals surface area contributed by atoms with E-state index in [0.29, 0.717) is 10.6 Å². The maximum Gasteiger partial charge on any atom is 0.417 e. The van der Waals surface area contributed by atoms with Crippen molar-refractivity contribution >= 4 is 22.6 Å². The Morgan fingerprint density at radius 2 is 1.86 bits per heavy atom. The fraction of sp³-hybridized carbons (Fsp3) is 0.211. The molecule has 0 unspecified atom stereocenters. The molecule has 4 aromatic rings. The zero-order chi connectivity index (χ0) is 20.1. The Morgan fingerprint density at radius 3 is 2.46 bits per heavy atom. The maximum absolute atomic E-state index is 13.8. The first-order chi connectivity index (χ1) is 13.2. The summed E-state index contributed by atoms with van der Waals surface area (Å²) in [6, 6.07) is 8.12. The number of alkyl halides is 3. The van der Waals surface area contributed by atoms with Crippen LogP contribution in [0.3, 0.4) is 0 Å². The lowest BCUT2D eigenvalue weighted by Gasteiger charge is -2.11. The third kappa shape index (κ3) is 3.35. The number of halogens is 4. The molecule has 9 heteroatoms. The van der Waals surface area contributed by atoms with Gasteiger partial charge in [0.1, 0.15) is 0 Å². The summed E-state index contributed by atoms with van der Waals surface area (Å²) in [5.41, 5.74) is 1.27. The number of benzene rings is 1. The molecule has 0 aliphatic rings. The van der Waals surface area contributed by atoms with Gasteiger partial charge in [0.25, 0.3) is 0 Å². The van der Waals surface area contributed by atoms with Gasteiger partial charge in [-0.25, -0.2) is 9.67 Å². The molecule has 144 valence electrons. The summed E-state index contributed by atoms with van der Waals surface area (Å²) in [5.74, 6) is 0. The maximum atomic E-state index is 13.8. The summed E-state index contributed by atoms with van der Waals surface area (Å²) < 4.78 is 44.3. The van der Waals surface area contributed by atoms with Gasteiger partial charge in [-0.15, -0.1) is 0 Å². The molecule has 0 amide bonds. The van der Waals surface area contributed by atoms with Crippen molar-refractivity contribution in [2.24, 2.45) is 7.05 Å². The van der Waals surface area contributed by atoms with Crippen LogP contribution in [0, 0.1) is 6.92 Å². The molecule has 3 aromatic heterocycles. The highest BCUT2D eigenvalue weighted by atomic mass is 35.5. The van der Waals surface area contributed by atoms with E-state index < -0.39 is 11.7 Å². The number of hydrogen-bond donors (Lipinski definition) is 0. The van der Waals surface area contributed by atoms with Gasteiger partial charge in [0.2, 0.25) is 0 Å². The number of aryl methyl sites for hydroxylation is 2. The van der Waals surface area contributed by atoms with Gasteiger partial charge in [0, 0.05) is 23.8 Å². The van der Waals surface area contributed by atoms with E-state index in [2.05, 4.69) is 15.2 Å². The molecule has 0 radical (unpaired) electrons. The molecule has 0 saturated heterocycles. The quantitative estimate of drug-likeness (QED) is 0.489. The van der Waals surface area contributed by atoms with Gasteiger partial charge in [-0.05, 0) is 30.7 Å². The molecular formula is C19H15ClF3N5. The molecular weight excluding hydrogens is 391 g/mol. The molecule has 1 aromatic carbocycles. The second kappa shape index (κ2) is 6.63. The summed E-state index contributed by atoms with van der Waals surface area (Å²) >= 11 is 5.91. The molecule has 28 heavy (non-hydrogen) atoms. The second-order valence-electron chi connectivity index (χ2n) is 6.52. The van der Waals surface area contributed by atoms with Crippen LogP contribution in [-0.4, -0.2) is 24.5 Å². The van der Waals surface area contributed by atoms with E-state index in [0.717, 1.165) is 11.6 Å². The van der Waals surface area contributed by atoms with Crippen molar-refractivity contribution in [3.8, 4) is 11.3 Å². The largest absolute Gasteiger partial charge is 0.417 e. The van der Waals surface area contributed by atoms with Crippen molar-refractivity contribution in [2.75, 3.05) is 0 Å². The number of hydrogen-bond acceptors (Lipinski definition) is 3. The first kappa shape index (κ1) is 18.5. The Kier molecular flexibility index (Phi) is 4.38. The van der Waals surface area contributed by atoms with E-state index in [1.165, 1.54) is 15.6 Å². The van der Waals surface area contributed by atoms with Gasteiger partial charge in [-0.1, -0.05) is 23.7 Å². The Morgan fingerprint density at radius 1 is 1.14 bits per heavy atom. The predicted molar refractivity (Wildman–Crippen MR) is 100 cm³/mol. The van der Waals surface area contributed by atoms with Crippen LogP contribution in [0.5, 0.6) is 0 Å². The minimum Gasteiger partial charge on any atom is -0.275 e. The highest BCUT2D eigenvalue weighted by molar-refractivity contribution is 6.30. The standard InChI is InChI=1S/C19H15ClF3N5/c1-11-17-15(19(21,22)23)7-16(13-8-24-27(2)10-13)25-18(17)28(26-11)9-12-3-5-14(20)6-4-12/h3-8,10H,9H2,1-2H3. The van der Waals surface area contributed by atoms with Gasteiger partial charge in [-0.3, -0.25) is 4.68 Å². The Labute approximate surface area is 163 Å². The van der Waals surface area contributed by atoms with Gasteiger partial charge in [0.15, 0.2) is 5.65 Å². The second-order valence-corrected chi connectivity index (χ2v) is 6.96. The van der Waals surface area contributed by atoms with Crippen molar-refractivity contribution in [3.05, 3.63) is 64.6 Å². The third-order valence-corrected chi connectivity index (χ3v) is 4.68. The molecule has 0 aliphatic heterocycles. The van der Waals surface area contributed by atoms with Crippen LogP contribution in [0.4, 0.5) is 13.2 Å². The smallest absolute Gasteiger partial charge is 0.275 e. The first-order valence-electron chi connectivity index (χ1n) is 8.41. The molecule has 0 N–H and O–H groups in total. The highest BCUT2D eigenvalue weighted by Gasteiger charge is 2.35. The normalized spacial score (nSPS) is 12.1. The van der Waals surface area contributed by atoms with Gasteiger partial charge in [0.05, 0.1) is 35.1 Å². The monoisotopic (exact) mass is 405 g/mol. The van der Waals surface area contributed by atoms with Crippen molar-refractivity contribution in [2.45, 2.75) is 19.6 Å². The topological polar surface area (TPSA) is 48.5 Å². The van der Waals surface area contributed by atoms with E-state index in [1.807, 2.05) is 0 Å². The highest BCUT2D eigenvalue weighted by Crippen LogP contribution is 2.38. The van der Waals surface area contributed by atoms with E-state index in [-0.39, 0.29) is 29.0 Å². The lowest BCUT2D eigenvalue weighted by molar-refractivity contribution is -0.136. The lowest BCUT2D eigenvalue weighted by Crippen LogP contribution is -2.08. The molecule has 0 atom stereocenters. The average molecular weight is 406 g/mol. The fourth-order valence-corrected chi connectivity index (χ4v) is 3.28. The number of rotatable bonds is 3. The summed E-state index contributed by atoms with van der Waals surface area (Å²) in [6.45, 7) is 1.84. The van der Waals surface area contributed by atoms with Crippen LogP contribution in [0.2, 0.25) is 5.02 Å². The summed E-state index contributed by atoms with van der Waals surface area (Å²) in [5, 5.41) is 8.94. The minimum absolute atomic E-state index is 0.00843. The molecule has 0 fully saturated rings. The summed E-state index contributed by atoms with van der Waals surface area (Å²) in [7, 11) is 1.70. The Bertz CT molecular complexity index is 1160. The van der Waals surface area contributed by atoms with Crippen LogP contribution >= 0.6 is 11.6 Å². The summed E-state index contributed by atoms with van der Waals surface area (Å²) in [6.07, 6.45) is -1.42. The minimum atomic E-state index is -4.53. The average Bonchev–Trinajstić information content (AvgIpc) is 3.19. The van der Waals surface area contributed by atoms with Crippen molar-refractivity contribution in [1.29, 1.82) is 0 Å². The van der Waals surface area contributed by atoms with Crippen molar-refractivity contribution in [3.63, 3.8) is 0 Å². The number of pyridine rings is 1. The van der Waals surface area contributed by atoms with E-state index in [4.69, 9.17) is 11.6 Å². The van der Waals surface area contributed by atoms with Crippen LogP contribution in [-0.2, 0) is 19.8 Å². The zero-order valence-corrected chi connectivity index (χ0v) is 15.8. The molecule has 0 aliphatic carbocycles. The predicted octanol–water partition coefficient (Wildman–Crippen LogP) is 4.86. The molecule has 5 nitrogen and oxygen atoms in total. The SMILES string of the molecule is Cc1nn(Cc2ccc(Cl)cc2)c2nc(-c3cnn(C)c3)cc(C(F)(F)F)c12.